The Morgan fingerprint density at radius 2 is 1.77 bits per heavy atom. The van der Waals surface area contributed by atoms with Gasteiger partial charge < -0.3 is 19.1 Å². The maximum absolute atomic E-state index is 5.50. The lowest BCUT2D eigenvalue weighted by atomic mass is 9.90. The molecule has 2 saturated heterocycles. The van der Waals surface area contributed by atoms with E-state index in [-0.39, 0.29) is 6.29 Å². The molecule has 0 atom stereocenters. The molecule has 3 rings (SSSR count). The van der Waals surface area contributed by atoms with E-state index in [1.165, 1.54) is 37.9 Å². The summed E-state index contributed by atoms with van der Waals surface area (Å²) in [6, 6.07) is 8.51. The second-order valence-electron chi connectivity index (χ2n) is 6.30. The molecule has 1 aromatic rings. The fraction of sp³-hybridized carbons (Fsp3) is 0.667. The van der Waals surface area contributed by atoms with Crippen LogP contribution in [0.15, 0.2) is 24.3 Å². The van der Waals surface area contributed by atoms with Crippen molar-refractivity contribution in [1.82, 2.24) is 4.90 Å². The van der Waals surface area contributed by atoms with Crippen molar-refractivity contribution in [3.05, 3.63) is 29.8 Å². The summed E-state index contributed by atoms with van der Waals surface area (Å²) >= 11 is 0. The Hall–Kier alpha value is -1.10. The first-order valence-corrected chi connectivity index (χ1v) is 8.42. The van der Waals surface area contributed by atoms with Gasteiger partial charge in [-0.2, -0.15) is 0 Å². The van der Waals surface area contributed by atoms with Gasteiger partial charge in [-0.1, -0.05) is 12.1 Å². The van der Waals surface area contributed by atoms with Crippen molar-refractivity contribution in [1.29, 1.82) is 0 Å². The molecule has 4 heteroatoms. The zero-order chi connectivity index (χ0) is 15.2. The topological polar surface area (TPSA) is 30.9 Å². The van der Waals surface area contributed by atoms with E-state index in [4.69, 9.17) is 14.2 Å². The molecule has 4 nitrogen and oxygen atoms in total. The van der Waals surface area contributed by atoms with Crippen molar-refractivity contribution < 1.29 is 14.2 Å². The van der Waals surface area contributed by atoms with Gasteiger partial charge in [-0.05, 0) is 56.0 Å². The van der Waals surface area contributed by atoms with Crippen LogP contribution < -0.4 is 4.74 Å². The highest BCUT2D eigenvalue weighted by atomic mass is 16.7. The highest BCUT2D eigenvalue weighted by Crippen LogP contribution is 2.23. The third kappa shape index (κ3) is 4.45. The van der Waals surface area contributed by atoms with Gasteiger partial charge in [0.25, 0.3) is 0 Å². The molecule has 0 amide bonds. The Kier molecular flexibility index (Phi) is 5.70. The Morgan fingerprint density at radius 3 is 2.41 bits per heavy atom. The van der Waals surface area contributed by atoms with Gasteiger partial charge in [0.15, 0.2) is 6.29 Å². The Labute approximate surface area is 133 Å². The van der Waals surface area contributed by atoms with E-state index in [9.17, 15) is 0 Å². The van der Waals surface area contributed by atoms with E-state index in [1.807, 2.05) is 0 Å². The van der Waals surface area contributed by atoms with Gasteiger partial charge in [0.1, 0.15) is 5.75 Å². The average Bonchev–Trinajstić information content (AvgIpc) is 3.08. The molecule has 1 aromatic carbocycles. The quantitative estimate of drug-likeness (QED) is 0.808. The van der Waals surface area contributed by atoms with Gasteiger partial charge in [0.05, 0.1) is 20.3 Å². The molecule has 0 bridgehead atoms. The third-order valence-corrected chi connectivity index (χ3v) is 4.76. The van der Waals surface area contributed by atoms with Crippen molar-refractivity contribution in [2.45, 2.75) is 32.0 Å². The van der Waals surface area contributed by atoms with Crippen LogP contribution in [0.3, 0.4) is 0 Å². The summed E-state index contributed by atoms with van der Waals surface area (Å²) in [6.07, 6.45) is 4.81. The number of nitrogens with zero attached hydrogens (tertiary/aromatic N) is 1. The molecule has 0 spiro atoms. The van der Waals surface area contributed by atoms with E-state index in [2.05, 4.69) is 29.2 Å². The lowest BCUT2D eigenvalue weighted by molar-refractivity contribution is -0.0527. The van der Waals surface area contributed by atoms with Gasteiger partial charge in [0.2, 0.25) is 0 Å². The zero-order valence-electron chi connectivity index (χ0n) is 13.5. The first kappa shape index (κ1) is 15.8. The van der Waals surface area contributed by atoms with Crippen molar-refractivity contribution in [2.24, 2.45) is 5.92 Å². The van der Waals surface area contributed by atoms with E-state index < -0.39 is 0 Å². The Balaban J connectivity index is 1.37. The third-order valence-electron chi connectivity index (χ3n) is 4.76. The van der Waals surface area contributed by atoms with E-state index in [1.54, 1.807) is 7.11 Å². The minimum absolute atomic E-state index is 0.0389. The van der Waals surface area contributed by atoms with Crippen LogP contribution in [0.5, 0.6) is 5.75 Å². The van der Waals surface area contributed by atoms with Crippen LogP contribution in [0.1, 0.15) is 24.8 Å². The number of ether oxygens (including phenoxy) is 3. The van der Waals surface area contributed by atoms with Gasteiger partial charge >= 0.3 is 0 Å². The van der Waals surface area contributed by atoms with Gasteiger partial charge in [0, 0.05) is 13.0 Å². The molecular weight excluding hydrogens is 278 g/mol. The molecule has 2 heterocycles. The standard InChI is InChI=1S/C18H27NO3/c1-20-17-4-2-15(3-5-17)14-16-6-9-19(10-7-16)11-8-18-21-12-13-22-18/h2-5,16,18H,6-14H2,1H3. The van der Waals surface area contributed by atoms with Crippen LogP contribution in [0.4, 0.5) is 0 Å². The molecule has 2 aliphatic heterocycles. The Morgan fingerprint density at radius 1 is 1.09 bits per heavy atom. The number of methoxy groups -OCH3 is 1. The highest BCUT2D eigenvalue weighted by Gasteiger charge is 2.22. The predicted octanol–water partition coefficient (Wildman–Crippen LogP) is 2.71. The second-order valence-corrected chi connectivity index (χ2v) is 6.30. The molecule has 0 aromatic heterocycles. The SMILES string of the molecule is COc1ccc(CC2CCN(CCC3OCCO3)CC2)cc1. The van der Waals surface area contributed by atoms with Crippen molar-refractivity contribution in [3.63, 3.8) is 0 Å². The molecule has 22 heavy (non-hydrogen) atoms. The van der Waals surface area contributed by atoms with Crippen molar-refractivity contribution >= 4 is 0 Å². The smallest absolute Gasteiger partial charge is 0.159 e. The average molecular weight is 305 g/mol. The molecule has 0 aliphatic carbocycles. The molecule has 0 radical (unpaired) electrons. The monoisotopic (exact) mass is 305 g/mol. The van der Waals surface area contributed by atoms with Gasteiger partial charge in [-0.3, -0.25) is 0 Å². The van der Waals surface area contributed by atoms with Crippen LogP contribution in [0.25, 0.3) is 0 Å². The summed E-state index contributed by atoms with van der Waals surface area (Å²) in [5, 5.41) is 0. The summed E-state index contributed by atoms with van der Waals surface area (Å²) in [4.78, 5) is 2.55. The Bertz CT molecular complexity index is 434. The molecule has 0 saturated carbocycles. The fourth-order valence-corrected chi connectivity index (χ4v) is 3.37. The van der Waals surface area contributed by atoms with Crippen LogP contribution in [0, 0.1) is 5.92 Å². The van der Waals surface area contributed by atoms with Crippen molar-refractivity contribution in [2.75, 3.05) is 40.0 Å². The fourth-order valence-electron chi connectivity index (χ4n) is 3.37. The predicted molar refractivity (Wildman–Crippen MR) is 86.2 cm³/mol. The largest absolute Gasteiger partial charge is 0.497 e. The molecular formula is C18H27NO3. The van der Waals surface area contributed by atoms with Crippen LogP contribution in [0.2, 0.25) is 0 Å². The number of piperidine rings is 1. The summed E-state index contributed by atoms with van der Waals surface area (Å²) in [6.45, 7) is 5.02. The van der Waals surface area contributed by atoms with E-state index in [0.29, 0.717) is 0 Å². The molecule has 2 aliphatic rings. The normalized spacial score (nSPS) is 21.3. The number of rotatable bonds is 6. The first-order valence-electron chi connectivity index (χ1n) is 8.42. The molecule has 0 unspecified atom stereocenters. The number of likely N-dealkylation sites (tertiary alicyclic amines) is 1. The minimum Gasteiger partial charge on any atom is -0.497 e. The van der Waals surface area contributed by atoms with Crippen LogP contribution in [-0.4, -0.2) is 51.1 Å². The van der Waals surface area contributed by atoms with Crippen LogP contribution in [-0.2, 0) is 15.9 Å². The lowest BCUT2D eigenvalue weighted by Gasteiger charge is -2.32. The lowest BCUT2D eigenvalue weighted by Crippen LogP contribution is -2.36. The van der Waals surface area contributed by atoms with Gasteiger partial charge in [-0.15, -0.1) is 0 Å². The molecule has 122 valence electrons. The summed E-state index contributed by atoms with van der Waals surface area (Å²) in [5.74, 6) is 1.75. The summed E-state index contributed by atoms with van der Waals surface area (Å²) in [7, 11) is 1.71. The maximum Gasteiger partial charge on any atom is 0.159 e. The first-order chi connectivity index (χ1) is 10.8. The zero-order valence-corrected chi connectivity index (χ0v) is 13.5. The summed E-state index contributed by atoms with van der Waals surface area (Å²) < 4.78 is 16.2. The second kappa shape index (κ2) is 7.95. The number of hydrogen-bond donors (Lipinski definition) is 0. The number of hydrogen-bond acceptors (Lipinski definition) is 4. The minimum atomic E-state index is 0.0389. The molecule has 2 fully saturated rings. The highest BCUT2D eigenvalue weighted by molar-refractivity contribution is 5.27. The van der Waals surface area contributed by atoms with E-state index >= 15 is 0 Å². The van der Waals surface area contributed by atoms with E-state index in [0.717, 1.165) is 37.8 Å². The van der Waals surface area contributed by atoms with Crippen molar-refractivity contribution in [3.8, 4) is 5.75 Å². The molecule has 0 N–H and O–H groups in total. The number of benzene rings is 1. The maximum atomic E-state index is 5.50. The van der Waals surface area contributed by atoms with Crippen LogP contribution >= 0.6 is 0 Å². The summed E-state index contributed by atoms with van der Waals surface area (Å²) in [5.41, 5.74) is 1.42. The van der Waals surface area contributed by atoms with Gasteiger partial charge in [-0.25, -0.2) is 0 Å².